The number of nitrogens with one attached hydrogen (secondary N) is 1. The molecule has 2 N–H and O–H groups in total. The van der Waals surface area contributed by atoms with Crippen molar-refractivity contribution in [3.8, 4) is 0 Å². The normalized spacial score (nSPS) is 19.3. The predicted molar refractivity (Wildman–Crippen MR) is 72.2 cm³/mol. The lowest BCUT2D eigenvalue weighted by molar-refractivity contribution is 0.282. The Hall–Kier alpha value is -0.430. The Bertz CT molecular complexity index is 528. The van der Waals surface area contributed by atoms with Crippen molar-refractivity contribution in [2.75, 3.05) is 0 Å². The summed E-state index contributed by atoms with van der Waals surface area (Å²) in [7, 11) is -3.53. The third-order valence-electron chi connectivity index (χ3n) is 3.49. The second kappa shape index (κ2) is 4.92. The minimum absolute atomic E-state index is 0.231. The lowest BCUT2D eigenvalue weighted by atomic mass is 10.0. The van der Waals surface area contributed by atoms with Crippen LogP contribution in [0.25, 0.3) is 0 Å². The molecule has 1 aliphatic carbocycles. The second-order valence-corrected chi connectivity index (χ2v) is 7.79. The summed E-state index contributed by atoms with van der Waals surface area (Å²) >= 11 is 1.29. The van der Waals surface area contributed by atoms with Crippen LogP contribution in [-0.4, -0.2) is 19.1 Å². The van der Waals surface area contributed by atoms with E-state index in [-0.39, 0.29) is 17.0 Å². The van der Waals surface area contributed by atoms with Crippen LogP contribution >= 0.6 is 11.3 Å². The van der Waals surface area contributed by atoms with Crippen LogP contribution in [0.5, 0.6) is 0 Å². The average molecular weight is 289 g/mol. The number of aliphatic hydroxyl groups is 1. The minimum Gasteiger partial charge on any atom is -0.391 e. The van der Waals surface area contributed by atoms with Crippen LogP contribution in [0.3, 0.4) is 0 Å². The lowest BCUT2D eigenvalue weighted by Gasteiger charge is -2.25. The maximum atomic E-state index is 12.4. The van der Waals surface area contributed by atoms with Crippen molar-refractivity contribution in [3.05, 3.63) is 15.8 Å². The molecule has 0 spiro atoms. The summed E-state index contributed by atoms with van der Waals surface area (Å²) in [4.78, 5) is 0.782. The third-order valence-corrected chi connectivity index (χ3v) is 6.58. The molecule has 0 radical (unpaired) electrons. The van der Waals surface area contributed by atoms with Crippen molar-refractivity contribution in [2.45, 2.75) is 56.6 Å². The Morgan fingerprint density at radius 1 is 1.44 bits per heavy atom. The molecule has 1 aromatic rings. The second-order valence-electron chi connectivity index (χ2n) is 5.20. The first-order valence-corrected chi connectivity index (χ1v) is 8.46. The van der Waals surface area contributed by atoms with Crippen LogP contribution in [0.2, 0.25) is 0 Å². The summed E-state index contributed by atoms with van der Waals surface area (Å²) in [6, 6.07) is 0. The molecule has 0 saturated heterocycles. The van der Waals surface area contributed by atoms with Crippen LogP contribution in [0.4, 0.5) is 0 Å². The highest BCUT2D eigenvalue weighted by molar-refractivity contribution is 7.89. The van der Waals surface area contributed by atoms with Crippen LogP contribution in [0.1, 0.15) is 43.0 Å². The monoisotopic (exact) mass is 289 g/mol. The van der Waals surface area contributed by atoms with Gasteiger partial charge in [0, 0.05) is 5.54 Å². The van der Waals surface area contributed by atoms with E-state index in [1.165, 1.54) is 11.3 Å². The Morgan fingerprint density at radius 3 is 2.61 bits per heavy atom. The van der Waals surface area contributed by atoms with E-state index in [1.54, 1.807) is 12.3 Å². The van der Waals surface area contributed by atoms with Crippen LogP contribution in [0, 0.1) is 6.92 Å². The molecular formula is C12H19NO3S2. The number of thiophene rings is 1. The Kier molecular flexibility index (Phi) is 3.82. The highest BCUT2D eigenvalue weighted by Crippen LogP contribution is 2.33. The van der Waals surface area contributed by atoms with Crippen molar-refractivity contribution in [3.63, 3.8) is 0 Å². The number of aryl methyl sites for hydroxylation is 1. The fourth-order valence-corrected chi connectivity index (χ4v) is 5.72. The van der Waals surface area contributed by atoms with E-state index >= 15 is 0 Å². The predicted octanol–water partition coefficient (Wildman–Crippen LogP) is 2.16. The largest absolute Gasteiger partial charge is 0.391 e. The molecule has 0 amide bonds. The van der Waals surface area contributed by atoms with Crippen molar-refractivity contribution >= 4 is 21.4 Å². The number of aliphatic hydroxyl groups excluding tert-OH is 1. The molecule has 0 bridgehead atoms. The van der Waals surface area contributed by atoms with Gasteiger partial charge in [0.05, 0.1) is 11.5 Å². The zero-order valence-corrected chi connectivity index (χ0v) is 12.3. The number of rotatable bonds is 4. The van der Waals surface area contributed by atoms with Crippen molar-refractivity contribution in [2.24, 2.45) is 0 Å². The minimum atomic E-state index is -3.53. The fraction of sp³-hybridized carbons (Fsp3) is 0.667. The summed E-state index contributed by atoms with van der Waals surface area (Å²) in [6.07, 6.45) is 3.89. The molecule has 1 heterocycles. The highest BCUT2D eigenvalue weighted by Gasteiger charge is 2.35. The molecule has 1 fully saturated rings. The molecule has 2 rings (SSSR count). The molecule has 0 aromatic carbocycles. The van der Waals surface area contributed by atoms with Crippen molar-refractivity contribution in [1.29, 1.82) is 0 Å². The molecule has 1 saturated carbocycles. The molecule has 18 heavy (non-hydrogen) atoms. The van der Waals surface area contributed by atoms with E-state index in [0.717, 1.165) is 25.7 Å². The van der Waals surface area contributed by atoms with Gasteiger partial charge in [-0.2, -0.15) is 0 Å². The standard InChI is InChI=1S/C12H19NO3S2/c1-9-8-17-10(7-14)11(9)18(15,16)13-12(2)5-3-4-6-12/h8,13-14H,3-7H2,1-2H3. The fourth-order valence-electron chi connectivity index (χ4n) is 2.59. The smallest absolute Gasteiger partial charge is 0.242 e. The molecule has 1 aromatic heterocycles. The van der Waals surface area contributed by atoms with Crippen LogP contribution in [0.15, 0.2) is 10.3 Å². The molecule has 0 aliphatic heterocycles. The zero-order valence-electron chi connectivity index (χ0n) is 10.7. The Labute approximate surface area is 112 Å². The number of hydrogen-bond acceptors (Lipinski definition) is 4. The van der Waals surface area contributed by atoms with E-state index in [0.29, 0.717) is 10.4 Å². The van der Waals surface area contributed by atoms with E-state index in [1.807, 2.05) is 6.92 Å². The first-order chi connectivity index (χ1) is 8.38. The van der Waals surface area contributed by atoms with Gasteiger partial charge in [0.2, 0.25) is 10.0 Å². The lowest BCUT2D eigenvalue weighted by Crippen LogP contribution is -2.43. The average Bonchev–Trinajstić information content (AvgIpc) is 2.84. The summed E-state index contributed by atoms with van der Waals surface area (Å²) in [5, 5.41) is 11.0. The van der Waals surface area contributed by atoms with E-state index in [2.05, 4.69) is 4.72 Å². The van der Waals surface area contributed by atoms with E-state index in [4.69, 9.17) is 0 Å². The molecule has 102 valence electrons. The highest BCUT2D eigenvalue weighted by atomic mass is 32.2. The topological polar surface area (TPSA) is 66.4 Å². The molecule has 1 aliphatic rings. The van der Waals surface area contributed by atoms with Gasteiger partial charge in [0.1, 0.15) is 4.90 Å². The first kappa shape index (κ1) is 14.0. The van der Waals surface area contributed by atoms with Gasteiger partial charge in [-0.3, -0.25) is 0 Å². The maximum Gasteiger partial charge on any atom is 0.242 e. The van der Waals surface area contributed by atoms with Gasteiger partial charge in [-0.25, -0.2) is 13.1 Å². The number of sulfonamides is 1. The third kappa shape index (κ3) is 2.61. The van der Waals surface area contributed by atoms with Crippen molar-refractivity contribution < 1.29 is 13.5 Å². The van der Waals surface area contributed by atoms with Gasteiger partial charge in [0.25, 0.3) is 0 Å². The molecular weight excluding hydrogens is 270 g/mol. The van der Waals surface area contributed by atoms with E-state index < -0.39 is 10.0 Å². The van der Waals surface area contributed by atoms with Gasteiger partial charge in [-0.1, -0.05) is 12.8 Å². The van der Waals surface area contributed by atoms with Crippen molar-refractivity contribution in [1.82, 2.24) is 4.72 Å². The maximum absolute atomic E-state index is 12.4. The summed E-state index contributed by atoms with van der Waals surface area (Å²) in [5.41, 5.74) is 0.373. The van der Waals surface area contributed by atoms with Crippen LogP contribution in [-0.2, 0) is 16.6 Å². The van der Waals surface area contributed by atoms with Gasteiger partial charge in [-0.15, -0.1) is 11.3 Å². The molecule has 0 atom stereocenters. The number of hydrogen-bond donors (Lipinski definition) is 2. The van der Waals surface area contributed by atoms with Gasteiger partial charge < -0.3 is 5.11 Å². The molecule has 4 nitrogen and oxygen atoms in total. The molecule has 0 unspecified atom stereocenters. The zero-order chi connectivity index (χ0) is 13.4. The first-order valence-electron chi connectivity index (χ1n) is 6.10. The van der Waals surface area contributed by atoms with Crippen LogP contribution < -0.4 is 4.72 Å². The van der Waals surface area contributed by atoms with Gasteiger partial charge in [0.15, 0.2) is 0 Å². The SMILES string of the molecule is Cc1csc(CO)c1S(=O)(=O)NC1(C)CCCC1. The van der Waals surface area contributed by atoms with E-state index in [9.17, 15) is 13.5 Å². The van der Waals surface area contributed by atoms with Gasteiger partial charge in [-0.05, 0) is 37.6 Å². The summed E-state index contributed by atoms with van der Waals surface area (Å²) < 4.78 is 27.7. The Morgan fingerprint density at radius 2 is 2.06 bits per heavy atom. The quantitative estimate of drug-likeness (QED) is 0.892. The van der Waals surface area contributed by atoms with Gasteiger partial charge >= 0.3 is 0 Å². The summed E-state index contributed by atoms with van der Waals surface area (Å²) in [6.45, 7) is 3.49. The molecule has 6 heteroatoms. The summed E-state index contributed by atoms with van der Waals surface area (Å²) in [5.74, 6) is 0. The Balaban J connectivity index is 2.33.